The molecule has 2 amide bonds. The van der Waals surface area contributed by atoms with E-state index in [2.05, 4.69) is 10.1 Å². The monoisotopic (exact) mass is 342 g/mol. The lowest BCUT2D eigenvalue weighted by Gasteiger charge is -2.33. The molecule has 1 aromatic carbocycles. The Morgan fingerprint density at radius 1 is 1.24 bits per heavy atom. The molecule has 0 bridgehead atoms. The number of methoxy groups -OCH3 is 1. The van der Waals surface area contributed by atoms with Gasteiger partial charge in [-0.3, -0.25) is 4.79 Å². The van der Waals surface area contributed by atoms with E-state index in [0.29, 0.717) is 31.9 Å². The van der Waals surface area contributed by atoms with Gasteiger partial charge in [0.05, 0.1) is 7.11 Å². The van der Waals surface area contributed by atoms with E-state index in [1.807, 2.05) is 43.0 Å². The van der Waals surface area contributed by atoms with Crippen molar-refractivity contribution < 1.29 is 14.3 Å². The lowest BCUT2D eigenvalue weighted by atomic mass is 10.1. The normalized spacial score (nSPS) is 14.7. The number of ether oxygens (including phenoxy) is 1. The number of nitrogens with one attached hydrogen (secondary N) is 1. The third-order valence-electron chi connectivity index (χ3n) is 4.05. The van der Waals surface area contributed by atoms with Crippen molar-refractivity contribution in [1.82, 2.24) is 9.80 Å². The second-order valence-electron chi connectivity index (χ2n) is 5.92. The van der Waals surface area contributed by atoms with Gasteiger partial charge in [0.25, 0.3) is 5.91 Å². The summed E-state index contributed by atoms with van der Waals surface area (Å²) in [6.45, 7) is 5.94. The minimum atomic E-state index is -0.440. The Labute approximate surface area is 147 Å². The SMILES string of the molecule is COC(=O)N1CCN(/C=C(/C#N)C(=O)Nc2ccc(C)cc2C)CC1. The van der Waals surface area contributed by atoms with Crippen molar-refractivity contribution in [2.45, 2.75) is 13.8 Å². The van der Waals surface area contributed by atoms with Crippen LogP contribution in [0.5, 0.6) is 0 Å². The number of aryl methyl sites for hydroxylation is 2. The molecule has 0 unspecified atom stereocenters. The first-order valence-electron chi connectivity index (χ1n) is 8.02. The predicted molar refractivity (Wildman–Crippen MR) is 93.8 cm³/mol. The number of nitriles is 1. The molecular weight excluding hydrogens is 320 g/mol. The van der Waals surface area contributed by atoms with Gasteiger partial charge in [0.2, 0.25) is 0 Å². The van der Waals surface area contributed by atoms with Crippen LogP contribution < -0.4 is 5.32 Å². The molecule has 1 saturated heterocycles. The highest BCUT2D eigenvalue weighted by Crippen LogP contribution is 2.17. The molecule has 0 aromatic heterocycles. The summed E-state index contributed by atoms with van der Waals surface area (Å²) in [7, 11) is 1.35. The number of rotatable bonds is 3. The summed E-state index contributed by atoms with van der Waals surface area (Å²) in [5.41, 5.74) is 2.77. The molecule has 1 aliphatic rings. The zero-order valence-corrected chi connectivity index (χ0v) is 14.7. The first-order chi connectivity index (χ1) is 11.9. The number of carbonyl (C=O) groups is 2. The van der Waals surface area contributed by atoms with Crippen molar-refractivity contribution in [2.24, 2.45) is 0 Å². The van der Waals surface area contributed by atoms with Gasteiger partial charge in [-0.15, -0.1) is 0 Å². The van der Waals surface area contributed by atoms with Crippen molar-refractivity contribution in [1.29, 1.82) is 5.26 Å². The summed E-state index contributed by atoms with van der Waals surface area (Å²) < 4.78 is 4.69. The van der Waals surface area contributed by atoms with Gasteiger partial charge in [-0.05, 0) is 25.5 Å². The van der Waals surface area contributed by atoms with Gasteiger partial charge in [-0.1, -0.05) is 17.7 Å². The number of anilines is 1. The lowest BCUT2D eigenvalue weighted by molar-refractivity contribution is -0.112. The third-order valence-corrected chi connectivity index (χ3v) is 4.05. The highest BCUT2D eigenvalue weighted by atomic mass is 16.5. The Hall–Kier alpha value is -3.01. The van der Waals surface area contributed by atoms with E-state index in [1.165, 1.54) is 7.11 Å². The predicted octanol–water partition coefficient (Wildman–Crippen LogP) is 2.03. The van der Waals surface area contributed by atoms with Crippen LogP contribution in [0.3, 0.4) is 0 Å². The van der Waals surface area contributed by atoms with Crippen molar-refractivity contribution in [3.05, 3.63) is 41.1 Å². The topological polar surface area (TPSA) is 85.7 Å². The molecule has 0 aliphatic carbocycles. The van der Waals surface area contributed by atoms with Crippen LogP contribution in [-0.2, 0) is 9.53 Å². The summed E-state index contributed by atoms with van der Waals surface area (Å²) >= 11 is 0. The molecule has 0 spiro atoms. The second kappa shape index (κ2) is 8.20. The minimum absolute atomic E-state index is 0.0338. The molecular formula is C18H22N4O3. The zero-order chi connectivity index (χ0) is 18.4. The maximum Gasteiger partial charge on any atom is 0.409 e. The Bertz CT molecular complexity index is 728. The molecule has 1 heterocycles. The fraction of sp³-hybridized carbons (Fsp3) is 0.389. The molecule has 7 nitrogen and oxygen atoms in total. The van der Waals surface area contributed by atoms with E-state index in [4.69, 9.17) is 0 Å². The molecule has 1 aromatic rings. The van der Waals surface area contributed by atoms with Crippen LogP contribution in [-0.4, -0.2) is 55.1 Å². The highest BCUT2D eigenvalue weighted by molar-refractivity contribution is 6.06. The van der Waals surface area contributed by atoms with Crippen molar-refractivity contribution in [2.75, 3.05) is 38.6 Å². The summed E-state index contributed by atoms with van der Waals surface area (Å²) in [6, 6.07) is 7.65. The van der Waals surface area contributed by atoms with Gasteiger partial charge in [0.1, 0.15) is 11.6 Å². The maximum atomic E-state index is 12.4. The Balaban J connectivity index is 2.01. The largest absolute Gasteiger partial charge is 0.453 e. The van der Waals surface area contributed by atoms with E-state index in [0.717, 1.165) is 11.1 Å². The average Bonchev–Trinajstić information content (AvgIpc) is 2.61. The van der Waals surface area contributed by atoms with Crippen molar-refractivity contribution in [3.8, 4) is 6.07 Å². The van der Waals surface area contributed by atoms with E-state index in [9.17, 15) is 14.9 Å². The number of carbonyl (C=O) groups excluding carboxylic acids is 2. The molecule has 25 heavy (non-hydrogen) atoms. The summed E-state index contributed by atoms with van der Waals surface area (Å²) in [5.74, 6) is -0.440. The number of hydrogen-bond donors (Lipinski definition) is 1. The fourth-order valence-electron chi connectivity index (χ4n) is 2.63. The van der Waals surface area contributed by atoms with E-state index in [1.54, 1.807) is 11.1 Å². The summed E-state index contributed by atoms with van der Waals surface area (Å²) in [4.78, 5) is 27.3. The van der Waals surface area contributed by atoms with E-state index < -0.39 is 5.91 Å². The number of nitrogens with zero attached hydrogens (tertiary/aromatic N) is 3. The van der Waals surface area contributed by atoms with E-state index >= 15 is 0 Å². The maximum absolute atomic E-state index is 12.4. The molecule has 1 aliphatic heterocycles. The van der Waals surface area contributed by atoms with E-state index in [-0.39, 0.29) is 11.7 Å². The molecule has 0 saturated carbocycles. The lowest BCUT2D eigenvalue weighted by Crippen LogP contribution is -2.47. The smallest absolute Gasteiger partial charge is 0.409 e. The van der Waals surface area contributed by atoms with Crippen molar-refractivity contribution in [3.63, 3.8) is 0 Å². The fourth-order valence-corrected chi connectivity index (χ4v) is 2.63. The number of amides is 2. The number of hydrogen-bond acceptors (Lipinski definition) is 5. The summed E-state index contributed by atoms with van der Waals surface area (Å²) in [6.07, 6.45) is 1.18. The Kier molecular flexibility index (Phi) is 6.01. The Morgan fingerprint density at radius 2 is 1.92 bits per heavy atom. The molecule has 7 heteroatoms. The third kappa shape index (κ3) is 4.73. The van der Waals surface area contributed by atoms with Crippen LogP contribution in [0.2, 0.25) is 0 Å². The molecule has 132 valence electrons. The van der Waals surface area contributed by atoms with Gasteiger partial charge >= 0.3 is 6.09 Å². The highest BCUT2D eigenvalue weighted by Gasteiger charge is 2.21. The zero-order valence-electron chi connectivity index (χ0n) is 14.7. The molecule has 0 atom stereocenters. The van der Waals surface area contributed by atoms with Gasteiger partial charge < -0.3 is 19.9 Å². The summed E-state index contributed by atoms with van der Waals surface area (Å²) in [5, 5.41) is 12.1. The molecule has 1 fully saturated rings. The first-order valence-corrected chi connectivity index (χ1v) is 8.02. The average molecular weight is 342 g/mol. The van der Waals surface area contributed by atoms with Gasteiger partial charge in [-0.25, -0.2) is 4.79 Å². The number of benzene rings is 1. The standard InChI is InChI=1S/C18H22N4O3/c1-13-4-5-16(14(2)10-13)20-17(23)15(11-19)12-21-6-8-22(9-7-21)18(24)25-3/h4-5,10,12H,6-9H2,1-3H3,(H,20,23)/b15-12-. The quantitative estimate of drug-likeness (QED) is 0.671. The van der Waals surface area contributed by atoms with Crippen LogP contribution in [0, 0.1) is 25.2 Å². The van der Waals surface area contributed by atoms with Crippen LogP contribution in [0.1, 0.15) is 11.1 Å². The van der Waals surface area contributed by atoms with Crippen LogP contribution >= 0.6 is 0 Å². The second-order valence-corrected chi connectivity index (χ2v) is 5.92. The number of piperazine rings is 1. The van der Waals surface area contributed by atoms with Crippen LogP contribution in [0.25, 0.3) is 0 Å². The van der Waals surface area contributed by atoms with Gasteiger partial charge in [0.15, 0.2) is 0 Å². The molecule has 2 rings (SSSR count). The minimum Gasteiger partial charge on any atom is -0.453 e. The van der Waals surface area contributed by atoms with Gasteiger partial charge in [-0.2, -0.15) is 5.26 Å². The molecule has 1 N–H and O–H groups in total. The van der Waals surface area contributed by atoms with Crippen LogP contribution in [0.4, 0.5) is 10.5 Å². The Morgan fingerprint density at radius 3 is 2.48 bits per heavy atom. The first kappa shape index (κ1) is 18.3. The van der Waals surface area contributed by atoms with Crippen LogP contribution in [0.15, 0.2) is 30.0 Å². The molecule has 0 radical (unpaired) electrons. The van der Waals surface area contributed by atoms with Crippen molar-refractivity contribution >= 4 is 17.7 Å². The van der Waals surface area contributed by atoms with Gasteiger partial charge in [0, 0.05) is 38.1 Å².